The Labute approximate surface area is 280 Å². The molecule has 3 unspecified atom stereocenters. The summed E-state index contributed by atoms with van der Waals surface area (Å²) in [6.07, 6.45) is 17.7. The second-order valence-electron chi connectivity index (χ2n) is 13.6. The van der Waals surface area contributed by atoms with E-state index in [4.69, 9.17) is 16.9 Å². The van der Waals surface area contributed by atoms with Crippen LogP contribution >= 0.6 is 11.8 Å². The molecule has 0 aromatic rings. The van der Waals surface area contributed by atoms with E-state index in [1.54, 1.807) is 11.8 Å². The van der Waals surface area contributed by atoms with E-state index < -0.39 is 24.9 Å². The Kier molecular flexibility index (Phi) is 8.59. The van der Waals surface area contributed by atoms with Crippen LogP contribution in [-0.4, -0.2) is 36.3 Å². The molecule has 7 rings (SSSR count). The zero-order valence-electron chi connectivity index (χ0n) is 30.5. The Bertz CT molecular complexity index is 1370. The maximum atomic E-state index is 8.81. The average molecular weight is 769 g/mol. The predicted molar refractivity (Wildman–Crippen MR) is 174 cm³/mol. The summed E-state index contributed by atoms with van der Waals surface area (Å²) in [5, 5.41) is 11.6. The van der Waals surface area contributed by atoms with Crippen molar-refractivity contribution < 1.29 is 31.7 Å². The smallest absolute Gasteiger partial charge is 0.171 e. The average Bonchev–Trinajstić information content (AvgIpc) is 3.63. The van der Waals surface area contributed by atoms with Crippen molar-refractivity contribution in [2.24, 2.45) is 28.2 Å². The fraction of sp³-hybridized carbons (Fsp3) is 0.667. The van der Waals surface area contributed by atoms with Crippen molar-refractivity contribution in [3.05, 3.63) is 74.4 Å². The minimum absolute atomic E-state index is 0. The standard InChI is InChI=1S/C24H32N2OS.C12H17N.Ir/c1-14-8-9-18-17-6-5-7-19(21(17)27-23(18)26-14)20-22-16(10-11-25-20)15(13-28-22)12-24(2,3)4;1-10-7-8-12(13-9-10)11-5-3-2-4-6-11;/h7,10,13,17-18,20,22-23H,5-6,8-9,11-12H2,1-4H3;8,10H,2-5,7,9H2,1H3;/q2*-2;/t17-,18?,20?,22-,23?;10-;/m00./s1/i1D3,12D2;;. The van der Waals surface area contributed by atoms with Gasteiger partial charge >= 0.3 is 0 Å². The Balaban J connectivity index is 0.000000260. The number of fused-ring (bicyclic) bond motifs is 4. The molecule has 0 N–H and O–H groups in total. The molecular weight excluding hydrogens is 715 g/mol. The molecule has 2 aliphatic carbocycles. The van der Waals surface area contributed by atoms with E-state index in [1.165, 1.54) is 37.0 Å². The minimum atomic E-state index is -2.15. The van der Waals surface area contributed by atoms with E-state index in [0.717, 1.165) is 60.6 Å². The van der Waals surface area contributed by atoms with Crippen LogP contribution in [0.15, 0.2) is 56.3 Å². The molecule has 6 atom stereocenters. The number of rotatable bonds is 3. The predicted octanol–water partition coefficient (Wildman–Crippen LogP) is 9.78. The molecule has 1 saturated heterocycles. The van der Waals surface area contributed by atoms with Crippen LogP contribution in [0.2, 0.25) is 0 Å². The molecule has 5 aliphatic heterocycles. The molecule has 5 heterocycles. The van der Waals surface area contributed by atoms with E-state index >= 15 is 0 Å². The van der Waals surface area contributed by atoms with Crippen molar-refractivity contribution in [1.29, 1.82) is 0 Å². The molecule has 7 aliphatic rings. The molecule has 1 fully saturated rings. The van der Waals surface area contributed by atoms with Crippen LogP contribution in [0.4, 0.5) is 0 Å². The van der Waals surface area contributed by atoms with Crippen LogP contribution in [0.25, 0.3) is 10.6 Å². The van der Waals surface area contributed by atoms with E-state index in [2.05, 4.69) is 41.9 Å². The van der Waals surface area contributed by atoms with Gasteiger partial charge in [-0.15, -0.1) is 49.8 Å². The summed E-state index contributed by atoms with van der Waals surface area (Å²) in [4.78, 5) is 4.53. The largest absolute Gasteiger partial charge is 0.769 e. The van der Waals surface area contributed by atoms with Crippen molar-refractivity contribution in [2.75, 3.05) is 13.1 Å². The topological polar surface area (TPSA) is 49.8 Å². The van der Waals surface area contributed by atoms with Gasteiger partial charge < -0.3 is 21.1 Å². The first-order chi connectivity index (χ1) is 21.8. The summed E-state index contributed by atoms with van der Waals surface area (Å²) in [7, 11) is 0. The van der Waals surface area contributed by atoms with Gasteiger partial charge in [0, 0.05) is 43.8 Å². The Morgan fingerprint density at radius 2 is 2.12 bits per heavy atom. The summed E-state index contributed by atoms with van der Waals surface area (Å²) in [5.74, 6) is 2.19. The van der Waals surface area contributed by atoms with E-state index in [-0.39, 0.29) is 48.9 Å². The molecule has 42 heavy (non-hydrogen) atoms. The fourth-order valence-corrected chi connectivity index (χ4v) is 8.26. The van der Waals surface area contributed by atoms with Gasteiger partial charge in [-0.25, -0.2) is 12.0 Å². The zero-order chi connectivity index (χ0) is 32.9. The summed E-state index contributed by atoms with van der Waals surface area (Å²) in [6.45, 7) is 7.53. The van der Waals surface area contributed by atoms with Crippen molar-refractivity contribution in [3.8, 4) is 0 Å². The molecule has 0 amide bonds. The van der Waals surface area contributed by atoms with Crippen LogP contribution in [0.1, 0.15) is 106 Å². The van der Waals surface area contributed by atoms with Gasteiger partial charge in [0.15, 0.2) is 6.23 Å². The summed E-state index contributed by atoms with van der Waals surface area (Å²) >= 11 is 1.67. The second kappa shape index (κ2) is 13.8. The zero-order valence-corrected chi connectivity index (χ0v) is 28.8. The normalized spacial score (nSPS) is 36.1. The molecular formula is C36H49IrN3OS-4. The molecule has 4 nitrogen and oxygen atoms in total. The number of hydrogen-bond acceptors (Lipinski definition) is 3. The fourth-order valence-electron chi connectivity index (χ4n) is 7.03. The van der Waals surface area contributed by atoms with Gasteiger partial charge in [-0.05, 0) is 59.7 Å². The molecule has 0 aromatic carbocycles. The van der Waals surface area contributed by atoms with Gasteiger partial charge in [-0.2, -0.15) is 11.6 Å². The molecule has 233 valence electrons. The van der Waals surface area contributed by atoms with Gasteiger partial charge in [-0.3, -0.25) is 11.1 Å². The first kappa shape index (κ1) is 26.1. The maximum absolute atomic E-state index is 8.81. The van der Waals surface area contributed by atoms with Gasteiger partial charge in [0.1, 0.15) is 0 Å². The van der Waals surface area contributed by atoms with Crippen LogP contribution in [0.5, 0.6) is 0 Å². The monoisotopic (exact) mass is 769 g/mol. The van der Waals surface area contributed by atoms with E-state index in [1.807, 2.05) is 26.2 Å². The summed E-state index contributed by atoms with van der Waals surface area (Å²) in [5.41, 5.74) is 5.38. The number of allylic oxidation sites excluding steroid dienone is 5. The molecule has 6 heteroatoms. The van der Waals surface area contributed by atoms with Crippen molar-refractivity contribution in [2.45, 2.75) is 116 Å². The second-order valence-corrected chi connectivity index (χ2v) is 14.6. The SMILES string of the molecule is C[C@H]1CC=C(C2=[C-]CCCC2)[N-]C1.[2H]C([2H])([2H])C1=NC2OC3=C(C4[N-]CC=C5C(C([2H])([2H])C(C)(C)C)=CS[C@@H]54)[CH-]CC[C@H]3C2CC1.[Ir]. The Hall–Kier alpha value is -1.20. The van der Waals surface area contributed by atoms with Crippen LogP contribution in [0, 0.1) is 35.7 Å². The molecule has 0 saturated carbocycles. The van der Waals surface area contributed by atoms with Crippen LogP contribution in [0.3, 0.4) is 0 Å². The quantitative estimate of drug-likeness (QED) is 0.269. The third-order valence-corrected chi connectivity index (χ3v) is 10.2. The first-order valence-electron chi connectivity index (χ1n) is 18.3. The minimum Gasteiger partial charge on any atom is -0.769 e. The van der Waals surface area contributed by atoms with E-state index in [0.29, 0.717) is 13.0 Å². The summed E-state index contributed by atoms with van der Waals surface area (Å²) in [6, 6.07) is -0.0801. The number of ether oxygens (including phenoxy) is 1. The molecule has 0 spiro atoms. The summed E-state index contributed by atoms with van der Waals surface area (Å²) < 4.78 is 47.2. The Morgan fingerprint density at radius 3 is 2.86 bits per heavy atom. The Morgan fingerprint density at radius 1 is 1.24 bits per heavy atom. The molecule has 0 aromatic heterocycles. The van der Waals surface area contributed by atoms with Gasteiger partial charge in [0.05, 0.1) is 0 Å². The number of hydrogen-bond donors (Lipinski definition) is 0. The number of aliphatic imine (C=N–C) groups is 1. The van der Waals surface area contributed by atoms with Gasteiger partial charge in [0.25, 0.3) is 0 Å². The maximum Gasteiger partial charge on any atom is 0.171 e. The first-order valence-corrected chi connectivity index (χ1v) is 16.7. The molecule has 0 bridgehead atoms. The molecule has 1 radical (unpaired) electrons. The van der Waals surface area contributed by atoms with Crippen molar-refractivity contribution in [3.63, 3.8) is 0 Å². The van der Waals surface area contributed by atoms with Crippen molar-refractivity contribution >= 4 is 17.5 Å². The third-order valence-electron chi connectivity index (χ3n) is 9.06. The van der Waals surface area contributed by atoms with Gasteiger partial charge in [-0.1, -0.05) is 65.7 Å². The number of thioether (sulfide) groups is 1. The van der Waals surface area contributed by atoms with Crippen LogP contribution in [-0.2, 0) is 24.8 Å². The van der Waals surface area contributed by atoms with Gasteiger partial charge in [0.2, 0.25) is 0 Å². The third kappa shape index (κ3) is 7.19. The van der Waals surface area contributed by atoms with E-state index in [9.17, 15) is 0 Å². The number of nitrogens with zero attached hydrogens (tertiary/aromatic N) is 3. The van der Waals surface area contributed by atoms with Crippen LogP contribution < -0.4 is 0 Å². The van der Waals surface area contributed by atoms with Crippen molar-refractivity contribution in [1.82, 2.24) is 0 Å².